The summed E-state index contributed by atoms with van der Waals surface area (Å²) in [6.45, 7) is 4.22. The van der Waals surface area contributed by atoms with E-state index in [0.717, 1.165) is 56.4 Å². The third-order valence-electron chi connectivity index (χ3n) is 5.82. The van der Waals surface area contributed by atoms with Crippen molar-refractivity contribution in [2.45, 2.75) is 57.0 Å². The van der Waals surface area contributed by atoms with Gasteiger partial charge in [-0.3, -0.25) is 9.69 Å². The van der Waals surface area contributed by atoms with E-state index < -0.39 is 5.60 Å². The number of aliphatic hydroxyl groups is 1. The molecule has 1 amide bonds. The highest BCUT2D eigenvalue weighted by molar-refractivity contribution is 7.99. The van der Waals surface area contributed by atoms with Crippen LogP contribution in [-0.2, 0) is 4.79 Å². The van der Waals surface area contributed by atoms with Crippen molar-refractivity contribution in [2.75, 3.05) is 44.2 Å². The first-order valence-corrected chi connectivity index (χ1v) is 10.6. The molecule has 1 unspecified atom stereocenters. The van der Waals surface area contributed by atoms with Crippen molar-refractivity contribution in [1.29, 1.82) is 0 Å². The summed E-state index contributed by atoms with van der Waals surface area (Å²) in [6.07, 6.45) is 9.46. The second kappa shape index (κ2) is 8.21. The van der Waals surface area contributed by atoms with E-state index in [0.29, 0.717) is 13.0 Å². The first-order valence-electron chi connectivity index (χ1n) is 9.49. The summed E-state index contributed by atoms with van der Waals surface area (Å²) < 4.78 is 0. The van der Waals surface area contributed by atoms with Crippen molar-refractivity contribution >= 4 is 17.7 Å². The van der Waals surface area contributed by atoms with Gasteiger partial charge in [0.05, 0.1) is 0 Å². The van der Waals surface area contributed by atoms with Crippen LogP contribution in [0.2, 0.25) is 0 Å². The fourth-order valence-corrected chi connectivity index (χ4v) is 5.35. The third-order valence-corrected chi connectivity index (χ3v) is 6.77. The Hall–Kier alpha value is -0.260. The van der Waals surface area contributed by atoms with Gasteiger partial charge in [0.15, 0.2) is 5.60 Å². The van der Waals surface area contributed by atoms with E-state index in [1.807, 2.05) is 16.7 Å². The van der Waals surface area contributed by atoms with Crippen molar-refractivity contribution in [1.82, 2.24) is 9.80 Å². The van der Waals surface area contributed by atoms with Crippen molar-refractivity contribution in [2.24, 2.45) is 5.92 Å². The molecule has 1 saturated carbocycles. The molecule has 2 saturated heterocycles. The smallest absolute Gasteiger partial charge is 0.255 e. The predicted octanol–water partition coefficient (Wildman–Crippen LogP) is 2.36. The Morgan fingerprint density at radius 2 is 1.83 bits per heavy atom. The zero-order chi connectivity index (χ0) is 16.1. The van der Waals surface area contributed by atoms with E-state index in [1.165, 1.54) is 32.1 Å². The van der Waals surface area contributed by atoms with Gasteiger partial charge in [-0.15, -0.1) is 0 Å². The number of piperidine rings is 1. The number of carbonyl (C=O) groups is 1. The molecular weight excluding hydrogens is 308 g/mol. The van der Waals surface area contributed by atoms with Crippen molar-refractivity contribution in [3.63, 3.8) is 0 Å². The van der Waals surface area contributed by atoms with Crippen LogP contribution in [-0.4, -0.2) is 70.6 Å². The quantitative estimate of drug-likeness (QED) is 0.834. The van der Waals surface area contributed by atoms with Gasteiger partial charge in [-0.25, -0.2) is 0 Å². The lowest BCUT2D eigenvalue weighted by atomic mass is 9.86. The maximum Gasteiger partial charge on any atom is 0.255 e. The van der Waals surface area contributed by atoms with Gasteiger partial charge in [0.2, 0.25) is 0 Å². The van der Waals surface area contributed by atoms with Crippen LogP contribution in [0.1, 0.15) is 51.4 Å². The summed E-state index contributed by atoms with van der Waals surface area (Å²) >= 11 is 1.97. The molecule has 0 bridgehead atoms. The minimum atomic E-state index is -1.13. The Labute approximate surface area is 145 Å². The molecule has 23 heavy (non-hydrogen) atoms. The second-order valence-corrected chi connectivity index (χ2v) is 8.83. The number of hydrogen-bond acceptors (Lipinski definition) is 4. The first-order chi connectivity index (χ1) is 11.2. The highest BCUT2D eigenvalue weighted by Crippen LogP contribution is 2.29. The number of nitrogens with zero attached hydrogens (tertiary/aromatic N) is 2. The molecule has 1 N–H and O–H groups in total. The molecule has 0 spiro atoms. The summed E-state index contributed by atoms with van der Waals surface area (Å²) in [4.78, 5) is 17.1. The number of carbonyl (C=O) groups excluding carboxylic acids is 1. The monoisotopic (exact) mass is 340 g/mol. The highest BCUT2D eigenvalue weighted by Gasteiger charge is 2.43. The average Bonchev–Trinajstić information content (AvgIpc) is 2.58. The van der Waals surface area contributed by atoms with Crippen LogP contribution in [0, 0.1) is 5.92 Å². The molecule has 1 atom stereocenters. The summed E-state index contributed by atoms with van der Waals surface area (Å²) in [5.41, 5.74) is -1.13. The Bertz CT molecular complexity index is 394. The molecule has 132 valence electrons. The minimum absolute atomic E-state index is 0.00205. The normalized spacial score (nSPS) is 31.5. The highest BCUT2D eigenvalue weighted by atomic mass is 32.2. The average molecular weight is 341 g/mol. The van der Waals surface area contributed by atoms with E-state index in [-0.39, 0.29) is 5.91 Å². The topological polar surface area (TPSA) is 43.8 Å². The molecule has 3 rings (SSSR count). The van der Waals surface area contributed by atoms with Gasteiger partial charge in [0.25, 0.3) is 5.91 Å². The van der Waals surface area contributed by atoms with Crippen LogP contribution < -0.4 is 0 Å². The molecule has 0 aromatic rings. The van der Waals surface area contributed by atoms with Crippen LogP contribution in [0.3, 0.4) is 0 Å². The van der Waals surface area contributed by atoms with Crippen molar-refractivity contribution < 1.29 is 9.90 Å². The van der Waals surface area contributed by atoms with Crippen LogP contribution >= 0.6 is 11.8 Å². The molecule has 1 aliphatic carbocycles. The largest absolute Gasteiger partial charge is 0.379 e. The van der Waals surface area contributed by atoms with E-state index >= 15 is 0 Å². The standard InChI is InChI=1S/C18H32N2O2S/c21-17-18(22,15-19-11-13-23-14-12-19)8-4-9-20(17)10-7-16-5-2-1-3-6-16/h16,22H,1-15H2. The predicted molar refractivity (Wildman–Crippen MR) is 95.7 cm³/mol. The van der Waals surface area contributed by atoms with E-state index in [2.05, 4.69) is 4.90 Å². The first kappa shape index (κ1) is 17.6. The second-order valence-electron chi connectivity index (χ2n) is 7.61. The van der Waals surface area contributed by atoms with Gasteiger partial charge in [0.1, 0.15) is 0 Å². The Balaban J connectivity index is 1.51. The lowest BCUT2D eigenvalue weighted by molar-refractivity contribution is -0.159. The summed E-state index contributed by atoms with van der Waals surface area (Å²) in [7, 11) is 0. The summed E-state index contributed by atoms with van der Waals surface area (Å²) in [6, 6.07) is 0. The Morgan fingerprint density at radius 1 is 1.09 bits per heavy atom. The third kappa shape index (κ3) is 4.64. The molecule has 0 aromatic heterocycles. The fraction of sp³-hybridized carbons (Fsp3) is 0.944. The van der Waals surface area contributed by atoms with Crippen LogP contribution in [0.25, 0.3) is 0 Å². The van der Waals surface area contributed by atoms with Gasteiger partial charge >= 0.3 is 0 Å². The zero-order valence-corrected chi connectivity index (χ0v) is 15.2. The maximum absolute atomic E-state index is 12.8. The molecule has 4 nitrogen and oxygen atoms in total. The van der Waals surface area contributed by atoms with Crippen LogP contribution in [0.5, 0.6) is 0 Å². The lowest BCUT2D eigenvalue weighted by Gasteiger charge is -2.42. The molecule has 5 heteroatoms. The van der Waals surface area contributed by atoms with Gasteiger partial charge in [0, 0.05) is 44.2 Å². The molecule has 2 heterocycles. The van der Waals surface area contributed by atoms with Crippen LogP contribution in [0.4, 0.5) is 0 Å². The van der Waals surface area contributed by atoms with Crippen molar-refractivity contribution in [3.8, 4) is 0 Å². The number of rotatable bonds is 5. The molecule has 3 fully saturated rings. The number of hydrogen-bond donors (Lipinski definition) is 1. The lowest BCUT2D eigenvalue weighted by Crippen LogP contribution is -2.59. The van der Waals surface area contributed by atoms with E-state index in [9.17, 15) is 9.90 Å². The number of β-amino-alcohol motifs (C(OH)–C–C–N with tert-alkyl or cyclic N) is 1. The SMILES string of the molecule is O=C1N(CCC2CCCCC2)CCCC1(O)CN1CCSCC1. The maximum atomic E-state index is 12.8. The summed E-state index contributed by atoms with van der Waals surface area (Å²) in [5, 5.41) is 11.0. The van der Waals surface area contributed by atoms with Crippen LogP contribution in [0.15, 0.2) is 0 Å². The van der Waals surface area contributed by atoms with Gasteiger partial charge in [-0.2, -0.15) is 11.8 Å². The number of likely N-dealkylation sites (tertiary alicyclic amines) is 1. The minimum Gasteiger partial charge on any atom is -0.379 e. The van der Waals surface area contributed by atoms with Crippen molar-refractivity contribution in [3.05, 3.63) is 0 Å². The Morgan fingerprint density at radius 3 is 2.57 bits per heavy atom. The molecule has 2 aliphatic heterocycles. The van der Waals surface area contributed by atoms with Gasteiger partial charge < -0.3 is 10.0 Å². The summed E-state index contributed by atoms with van der Waals surface area (Å²) in [5.74, 6) is 3.04. The van der Waals surface area contributed by atoms with E-state index in [4.69, 9.17) is 0 Å². The molecule has 3 aliphatic rings. The molecular formula is C18H32N2O2S. The molecule has 0 radical (unpaired) electrons. The van der Waals surface area contributed by atoms with Gasteiger partial charge in [-0.1, -0.05) is 32.1 Å². The molecule has 0 aromatic carbocycles. The number of amides is 1. The number of thioether (sulfide) groups is 1. The van der Waals surface area contributed by atoms with E-state index in [1.54, 1.807) is 0 Å². The fourth-order valence-electron chi connectivity index (χ4n) is 4.37. The van der Waals surface area contributed by atoms with Gasteiger partial charge in [-0.05, 0) is 25.2 Å². The Kier molecular flexibility index (Phi) is 6.27. The zero-order valence-electron chi connectivity index (χ0n) is 14.3.